The molecule has 3 aromatic rings. The number of carbonyl (C=O) groups is 1. The summed E-state index contributed by atoms with van der Waals surface area (Å²) < 4.78 is 3.13. The van der Waals surface area contributed by atoms with Gasteiger partial charge in [0.1, 0.15) is 12.1 Å². The van der Waals surface area contributed by atoms with Gasteiger partial charge in [-0.1, -0.05) is 0 Å². The standard InChI is InChI=1S/C13H14N6O2/c1-8-3-10-14-7-16-19(10)11(4-8)17-12(13(20)21)9-5-15-18(2)6-9/h3-7,12,17H,1-2H3,(H,20,21). The van der Waals surface area contributed by atoms with Crippen LogP contribution < -0.4 is 5.32 Å². The summed E-state index contributed by atoms with van der Waals surface area (Å²) >= 11 is 0. The molecular formula is C13H14N6O2. The van der Waals surface area contributed by atoms with Gasteiger partial charge in [-0.05, 0) is 24.6 Å². The van der Waals surface area contributed by atoms with Gasteiger partial charge >= 0.3 is 5.97 Å². The summed E-state index contributed by atoms with van der Waals surface area (Å²) in [6, 6.07) is 2.79. The number of carboxylic acid groups (broad SMARTS) is 1. The van der Waals surface area contributed by atoms with Crippen LogP contribution in [-0.2, 0) is 11.8 Å². The minimum absolute atomic E-state index is 0.568. The van der Waals surface area contributed by atoms with Crippen LogP contribution in [0.1, 0.15) is 17.2 Å². The number of anilines is 1. The lowest BCUT2D eigenvalue weighted by Crippen LogP contribution is -2.21. The molecule has 3 rings (SSSR count). The van der Waals surface area contributed by atoms with Crippen LogP contribution in [-0.4, -0.2) is 35.5 Å². The number of nitrogens with zero attached hydrogens (tertiary/aromatic N) is 5. The molecule has 0 saturated carbocycles. The monoisotopic (exact) mass is 286 g/mol. The average molecular weight is 286 g/mol. The van der Waals surface area contributed by atoms with Crippen LogP contribution in [0.15, 0.2) is 30.9 Å². The molecule has 2 N–H and O–H groups in total. The number of aliphatic carboxylic acids is 1. The summed E-state index contributed by atoms with van der Waals surface area (Å²) in [6.07, 6.45) is 4.63. The third kappa shape index (κ3) is 2.42. The summed E-state index contributed by atoms with van der Waals surface area (Å²) in [5, 5.41) is 20.5. The second-order valence-electron chi connectivity index (χ2n) is 4.81. The molecule has 108 valence electrons. The van der Waals surface area contributed by atoms with Gasteiger partial charge in [0.25, 0.3) is 0 Å². The summed E-state index contributed by atoms with van der Waals surface area (Å²) in [5.41, 5.74) is 2.20. The minimum Gasteiger partial charge on any atom is -0.479 e. The third-order valence-corrected chi connectivity index (χ3v) is 3.12. The van der Waals surface area contributed by atoms with Crippen LogP contribution in [0.25, 0.3) is 5.65 Å². The first-order chi connectivity index (χ1) is 10.0. The van der Waals surface area contributed by atoms with Crippen LogP contribution in [0.4, 0.5) is 5.82 Å². The number of rotatable bonds is 4. The smallest absolute Gasteiger partial charge is 0.330 e. The first-order valence-corrected chi connectivity index (χ1v) is 6.33. The first kappa shape index (κ1) is 13.1. The van der Waals surface area contributed by atoms with Crippen molar-refractivity contribution in [3.05, 3.63) is 42.0 Å². The van der Waals surface area contributed by atoms with Crippen LogP contribution in [0.3, 0.4) is 0 Å². The Balaban J connectivity index is 2.02. The van der Waals surface area contributed by atoms with E-state index in [9.17, 15) is 9.90 Å². The molecule has 3 heterocycles. The highest BCUT2D eigenvalue weighted by molar-refractivity contribution is 5.79. The minimum atomic E-state index is -0.988. The number of hydrogen-bond donors (Lipinski definition) is 2. The second-order valence-corrected chi connectivity index (χ2v) is 4.81. The van der Waals surface area contributed by atoms with Crippen LogP contribution in [0.5, 0.6) is 0 Å². The molecule has 8 heteroatoms. The third-order valence-electron chi connectivity index (χ3n) is 3.12. The van der Waals surface area contributed by atoms with E-state index >= 15 is 0 Å². The van der Waals surface area contributed by atoms with Crippen molar-refractivity contribution in [2.45, 2.75) is 13.0 Å². The van der Waals surface area contributed by atoms with Crippen molar-refractivity contribution in [2.75, 3.05) is 5.32 Å². The number of pyridine rings is 1. The molecule has 0 aromatic carbocycles. The maximum Gasteiger partial charge on any atom is 0.330 e. The maximum atomic E-state index is 11.5. The van der Waals surface area contributed by atoms with E-state index in [0.29, 0.717) is 17.0 Å². The Morgan fingerprint density at radius 3 is 2.86 bits per heavy atom. The Labute approximate surface area is 120 Å². The number of aryl methyl sites for hydroxylation is 2. The summed E-state index contributed by atoms with van der Waals surface area (Å²) in [6.45, 7) is 1.92. The molecule has 8 nitrogen and oxygen atoms in total. The predicted octanol–water partition coefficient (Wildman–Crippen LogP) is 1.01. The Morgan fingerprint density at radius 1 is 1.38 bits per heavy atom. The molecule has 0 aliphatic carbocycles. The molecule has 21 heavy (non-hydrogen) atoms. The molecule has 1 unspecified atom stereocenters. The molecule has 0 radical (unpaired) electrons. The van der Waals surface area contributed by atoms with Gasteiger partial charge in [0, 0.05) is 18.8 Å². The van der Waals surface area contributed by atoms with Crippen molar-refractivity contribution in [3.63, 3.8) is 0 Å². The quantitative estimate of drug-likeness (QED) is 0.743. The SMILES string of the molecule is Cc1cc(NC(C(=O)O)c2cnn(C)c2)n2ncnc2c1. The summed E-state index contributed by atoms with van der Waals surface area (Å²) in [4.78, 5) is 15.6. The first-order valence-electron chi connectivity index (χ1n) is 6.33. The molecular weight excluding hydrogens is 272 g/mol. The largest absolute Gasteiger partial charge is 0.479 e. The molecule has 0 aliphatic heterocycles. The van der Waals surface area contributed by atoms with Gasteiger partial charge < -0.3 is 10.4 Å². The molecule has 0 bridgehead atoms. The highest BCUT2D eigenvalue weighted by Crippen LogP contribution is 2.21. The van der Waals surface area contributed by atoms with Gasteiger partial charge in [-0.15, -0.1) is 0 Å². The highest BCUT2D eigenvalue weighted by Gasteiger charge is 2.22. The lowest BCUT2D eigenvalue weighted by molar-refractivity contribution is -0.138. The van der Waals surface area contributed by atoms with E-state index in [4.69, 9.17) is 0 Å². The van der Waals surface area contributed by atoms with Crippen molar-refractivity contribution in [3.8, 4) is 0 Å². The molecule has 3 aromatic heterocycles. The molecule has 0 saturated heterocycles. The molecule has 0 fully saturated rings. The van der Waals surface area contributed by atoms with Crippen molar-refractivity contribution in [1.29, 1.82) is 0 Å². The summed E-state index contributed by atoms with van der Waals surface area (Å²) in [5.74, 6) is -0.420. The van der Waals surface area contributed by atoms with Crippen molar-refractivity contribution in [1.82, 2.24) is 24.4 Å². The number of fused-ring (bicyclic) bond motifs is 1. The van der Waals surface area contributed by atoms with E-state index in [1.54, 1.807) is 22.4 Å². The lowest BCUT2D eigenvalue weighted by atomic mass is 10.1. The topological polar surface area (TPSA) is 97.3 Å². The van der Waals surface area contributed by atoms with Crippen LogP contribution in [0, 0.1) is 6.92 Å². The van der Waals surface area contributed by atoms with Gasteiger partial charge in [0.05, 0.1) is 6.20 Å². The van der Waals surface area contributed by atoms with Gasteiger partial charge in [-0.3, -0.25) is 4.68 Å². The average Bonchev–Trinajstić information content (AvgIpc) is 3.03. The fourth-order valence-corrected chi connectivity index (χ4v) is 2.18. The lowest BCUT2D eigenvalue weighted by Gasteiger charge is -2.15. The fraction of sp³-hybridized carbons (Fsp3) is 0.231. The number of nitrogens with one attached hydrogen (secondary N) is 1. The Hall–Kier alpha value is -2.90. The number of hydrogen-bond acceptors (Lipinski definition) is 5. The zero-order valence-corrected chi connectivity index (χ0v) is 11.6. The molecule has 0 spiro atoms. The van der Waals surface area contributed by atoms with Crippen molar-refractivity contribution >= 4 is 17.4 Å². The van der Waals surface area contributed by atoms with Gasteiger partial charge in [-0.25, -0.2) is 9.78 Å². The van der Waals surface area contributed by atoms with E-state index in [2.05, 4.69) is 20.5 Å². The van der Waals surface area contributed by atoms with Crippen molar-refractivity contribution < 1.29 is 9.90 Å². The second kappa shape index (κ2) is 4.89. The van der Waals surface area contributed by atoms with E-state index in [-0.39, 0.29) is 0 Å². The zero-order chi connectivity index (χ0) is 15.0. The maximum absolute atomic E-state index is 11.5. The zero-order valence-electron chi connectivity index (χ0n) is 11.6. The Kier molecular flexibility index (Phi) is 3.05. The predicted molar refractivity (Wildman–Crippen MR) is 74.9 cm³/mol. The van der Waals surface area contributed by atoms with E-state index in [0.717, 1.165) is 5.56 Å². The van der Waals surface area contributed by atoms with E-state index < -0.39 is 12.0 Å². The highest BCUT2D eigenvalue weighted by atomic mass is 16.4. The van der Waals surface area contributed by atoms with E-state index in [1.807, 2.05) is 19.1 Å². The molecule has 0 amide bonds. The Bertz CT molecular complexity index is 806. The number of aromatic nitrogens is 5. The van der Waals surface area contributed by atoms with Gasteiger partial charge in [0.2, 0.25) is 0 Å². The van der Waals surface area contributed by atoms with Crippen molar-refractivity contribution in [2.24, 2.45) is 7.05 Å². The van der Waals surface area contributed by atoms with Crippen LogP contribution >= 0.6 is 0 Å². The van der Waals surface area contributed by atoms with Gasteiger partial charge in [-0.2, -0.15) is 14.7 Å². The normalized spacial score (nSPS) is 12.5. The van der Waals surface area contributed by atoms with E-state index in [1.165, 1.54) is 12.5 Å². The molecule has 0 aliphatic rings. The van der Waals surface area contributed by atoms with Gasteiger partial charge in [0.15, 0.2) is 11.7 Å². The summed E-state index contributed by atoms with van der Waals surface area (Å²) in [7, 11) is 1.74. The Morgan fingerprint density at radius 2 is 2.19 bits per heavy atom. The van der Waals surface area contributed by atoms with Crippen LogP contribution in [0.2, 0.25) is 0 Å². The number of carboxylic acids is 1. The molecule has 1 atom stereocenters. The fourth-order valence-electron chi connectivity index (χ4n) is 2.18.